The number of benzene rings is 3. The van der Waals surface area contributed by atoms with Crippen LogP contribution in [0.3, 0.4) is 0 Å². The van der Waals surface area contributed by atoms with Crippen LogP contribution in [0, 0.1) is 5.82 Å². The Kier molecular flexibility index (Phi) is 9.43. The molecule has 0 aliphatic carbocycles. The molecule has 1 saturated heterocycles. The smallest absolute Gasteiger partial charge is 0.258 e. The van der Waals surface area contributed by atoms with E-state index in [1.807, 2.05) is 30.3 Å². The van der Waals surface area contributed by atoms with E-state index in [2.05, 4.69) is 0 Å². The van der Waals surface area contributed by atoms with Crippen molar-refractivity contribution in [1.82, 2.24) is 4.90 Å². The Morgan fingerprint density at radius 3 is 2.53 bits per heavy atom. The van der Waals surface area contributed by atoms with Crippen molar-refractivity contribution in [2.75, 3.05) is 41.1 Å². The standard InChI is InChI=1S/C30H34FNO6/c1-34-27-14-13-25(28(35-2)29(27)36-3)30(33)32(20-24-11-7-16-37-24)19-21-8-6-10-23(18-21)38-17-15-22-9-4-5-12-26(22)31/h4-6,8-10,12-14,18,24H,7,11,15-17,19-20H2,1-3H3/t24-/m0/s1. The Hall–Kier alpha value is -3.78. The molecule has 4 rings (SSSR count). The van der Waals surface area contributed by atoms with Crippen LogP contribution < -0.4 is 18.9 Å². The predicted octanol–water partition coefficient (Wildman–Crippen LogP) is 5.29. The molecule has 1 aliphatic rings. The third-order valence-corrected chi connectivity index (χ3v) is 6.54. The highest BCUT2D eigenvalue weighted by atomic mass is 19.1. The first kappa shape index (κ1) is 27.3. The Morgan fingerprint density at radius 1 is 1.00 bits per heavy atom. The first-order chi connectivity index (χ1) is 18.5. The molecule has 0 bridgehead atoms. The van der Waals surface area contributed by atoms with Crippen molar-refractivity contribution >= 4 is 5.91 Å². The van der Waals surface area contributed by atoms with E-state index in [9.17, 15) is 9.18 Å². The summed E-state index contributed by atoms with van der Waals surface area (Å²) in [5.74, 6) is 1.38. The maximum Gasteiger partial charge on any atom is 0.258 e. The van der Waals surface area contributed by atoms with E-state index in [-0.39, 0.29) is 17.8 Å². The minimum atomic E-state index is -0.237. The van der Waals surface area contributed by atoms with Crippen LogP contribution in [0.5, 0.6) is 23.0 Å². The van der Waals surface area contributed by atoms with Gasteiger partial charge in [-0.2, -0.15) is 0 Å². The van der Waals surface area contributed by atoms with Crippen LogP contribution in [-0.2, 0) is 17.7 Å². The number of hydrogen-bond donors (Lipinski definition) is 0. The maximum absolute atomic E-state index is 13.9. The lowest BCUT2D eigenvalue weighted by atomic mass is 10.1. The highest BCUT2D eigenvalue weighted by molar-refractivity contribution is 5.98. The first-order valence-corrected chi connectivity index (χ1v) is 12.7. The molecular formula is C30H34FNO6. The summed E-state index contributed by atoms with van der Waals surface area (Å²) >= 11 is 0. The largest absolute Gasteiger partial charge is 0.493 e. The molecule has 38 heavy (non-hydrogen) atoms. The Morgan fingerprint density at radius 2 is 1.82 bits per heavy atom. The highest BCUT2D eigenvalue weighted by Crippen LogP contribution is 2.40. The molecule has 1 fully saturated rings. The molecule has 0 saturated carbocycles. The Balaban J connectivity index is 1.53. The van der Waals surface area contributed by atoms with Gasteiger partial charge >= 0.3 is 0 Å². The Bertz CT molecular complexity index is 1230. The number of methoxy groups -OCH3 is 3. The number of halogens is 1. The maximum atomic E-state index is 13.9. The molecule has 0 spiro atoms. The van der Waals surface area contributed by atoms with Gasteiger partial charge in [-0.1, -0.05) is 30.3 Å². The number of rotatable bonds is 12. The van der Waals surface area contributed by atoms with E-state index in [0.717, 1.165) is 18.4 Å². The summed E-state index contributed by atoms with van der Waals surface area (Å²) in [5, 5.41) is 0. The summed E-state index contributed by atoms with van der Waals surface area (Å²) in [6.45, 7) is 1.82. The van der Waals surface area contributed by atoms with Gasteiger partial charge in [-0.3, -0.25) is 4.79 Å². The van der Waals surface area contributed by atoms with Crippen molar-refractivity contribution in [1.29, 1.82) is 0 Å². The average Bonchev–Trinajstić information content (AvgIpc) is 3.46. The molecule has 1 aliphatic heterocycles. The molecule has 7 nitrogen and oxygen atoms in total. The van der Waals surface area contributed by atoms with Crippen LogP contribution in [0.4, 0.5) is 4.39 Å². The normalized spacial score (nSPS) is 14.7. The lowest BCUT2D eigenvalue weighted by Gasteiger charge is -2.27. The van der Waals surface area contributed by atoms with Crippen molar-refractivity contribution in [3.8, 4) is 23.0 Å². The van der Waals surface area contributed by atoms with Gasteiger partial charge in [0.2, 0.25) is 5.75 Å². The van der Waals surface area contributed by atoms with Gasteiger partial charge in [0, 0.05) is 26.1 Å². The minimum Gasteiger partial charge on any atom is -0.493 e. The quantitative estimate of drug-likeness (QED) is 0.321. The molecule has 3 aromatic rings. The van der Waals surface area contributed by atoms with E-state index < -0.39 is 0 Å². The van der Waals surface area contributed by atoms with E-state index in [0.29, 0.717) is 66.8 Å². The monoisotopic (exact) mass is 523 g/mol. The summed E-state index contributed by atoms with van der Waals surface area (Å²) in [5.41, 5.74) is 1.89. The molecule has 1 heterocycles. The van der Waals surface area contributed by atoms with Crippen molar-refractivity contribution in [3.63, 3.8) is 0 Å². The van der Waals surface area contributed by atoms with Gasteiger partial charge in [-0.25, -0.2) is 4.39 Å². The van der Waals surface area contributed by atoms with Gasteiger partial charge in [0.1, 0.15) is 11.6 Å². The summed E-state index contributed by atoms with van der Waals surface area (Å²) in [6.07, 6.45) is 2.29. The summed E-state index contributed by atoms with van der Waals surface area (Å²) < 4.78 is 42.1. The van der Waals surface area contributed by atoms with E-state index in [4.69, 9.17) is 23.7 Å². The number of nitrogens with zero attached hydrogens (tertiary/aromatic N) is 1. The molecule has 0 radical (unpaired) electrons. The van der Waals surface area contributed by atoms with Crippen molar-refractivity contribution < 1.29 is 32.9 Å². The lowest BCUT2D eigenvalue weighted by molar-refractivity contribution is 0.0504. The summed E-state index contributed by atoms with van der Waals surface area (Å²) in [4.78, 5) is 15.6. The molecule has 0 N–H and O–H groups in total. The third kappa shape index (κ3) is 6.55. The van der Waals surface area contributed by atoms with Crippen LogP contribution in [0.15, 0.2) is 60.7 Å². The lowest BCUT2D eigenvalue weighted by Crippen LogP contribution is -2.37. The zero-order valence-corrected chi connectivity index (χ0v) is 22.1. The second-order valence-electron chi connectivity index (χ2n) is 9.04. The van der Waals surface area contributed by atoms with Crippen LogP contribution in [0.25, 0.3) is 0 Å². The molecule has 202 valence electrons. The van der Waals surface area contributed by atoms with Gasteiger partial charge < -0.3 is 28.6 Å². The van der Waals surface area contributed by atoms with Crippen molar-refractivity contribution in [2.24, 2.45) is 0 Å². The minimum absolute atomic E-state index is 0.0368. The Labute approximate surface area is 223 Å². The topological polar surface area (TPSA) is 66.5 Å². The van der Waals surface area contributed by atoms with Gasteiger partial charge in [-0.15, -0.1) is 0 Å². The van der Waals surface area contributed by atoms with Crippen molar-refractivity contribution in [3.05, 3.63) is 83.2 Å². The average molecular weight is 524 g/mol. The van der Waals surface area contributed by atoms with Crippen LogP contribution >= 0.6 is 0 Å². The zero-order chi connectivity index (χ0) is 26.9. The SMILES string of the molecule is COc1ccc(C(=O)N(Cc2cccc(OCCc3ccccc3F)c2)C[C@@H]2CCCO2)c(OC)c1OC. The molecular weight excluding hydrogens is 489 g/mol. The number of amides is 1. The number of carbonyl (C=O) groups is 1. The van der Waals surface area contributed by atoms with Gasteiger partial charge in [0.15, 0.2) is 11.5 Å². The molecule has 0 aromatic heterocycles. The fraction of sp³-hybridized carbons (Fsp3) is 0.367. The molecule has 1 amide bonds. The summed E-state index contributed by atoms with van der Waals surface area (Å²) in [7, 11) is 4.55. The first-order valence-electron chi connectivity index (χ1n) is 12.7. The fourth-order valence-corrected chi connectivity index (χ4v) is 4.63. The van der Waals surface area contributed by atoms with Crippen LogP contribution in [0.1, 0.15) is 34.3 Å². The van der Waals surface area contributed by atoms with Gasteiger partial charge in [0.25, 0.3) is 5.91 Å². The predicted molar refractivity (Wildman–Crippen MR) is 142 cm³/mol. The van der Waals surface area contributed by atoms with E-state index in [1.165, 1.54) is 27.4 Å². The molecule has 0 unspecified atom stereocenters. The molecule has 1 atom stereocenters. The summed E-state index contributed by atoms with van der Waals surface area (Å²) in [6, 6.07) is 17.7. The van der Waals surface area contributed by atoms with Gasteiger partial charge in [0.05, 0.1) is 39.6 Å². The van der Waals surface area contributed by atoms with E-state index in [1.54, 1.807) is 29.2 Å². The zero-order valence-electron chi connectivity index (χ0n) is 22.1. The number of carbonyl (C=O) groups excluding carboxylic acids is 1. The van der Waals surface area contributed by atoms with Crippen LogP contribution in [-0.4, -0.2) is 58.0 Å². The second kappa shape index (κ2) is 13.1. The molecule has 3 aromatic carbocycles. The van der Waals surface area contributed by atoms with Crippen molar-refractivity contribution in [2.45, 2.75) is 31.9 Å². The number of ether oxygens (including phenoxy) is 5. The van der Waals surface area contributed by atoms with Crippen LogP contribution in [0.2, 0.25) is 0 Å². The fourth-order valence-electron chi connectivity index (χ4n) is 4.63. The van der Waals surface area contributed by atoms with Gasteiger partial charge in [-0.05, 0) is 54.3 Å². The molecule has 8 heteroatoms. The second-order valence-corrected chi connectivity index (χ2v) is 9.04. The third-order valence-electron chi connectivity index (χ3n) is 6.54. The number of hydrogen-bond acceptors (Lipinski definition) is 6. The van der Waals surface area contributed by atoms with E-state index >= 15 is 0 Å². The highest BCUT2D eigenvalue weighted by Gasteiger charge is 2.28.